The molecule has 0 spiro atoms. The van der Waals surface area contributed by atoms with Crippen molar-refractivity contribution in [2.24, 2.45) is 0 Å². The third-order valence-electron chi connectivity index (χ3n) is 4.98. The molecular formula is C26H27F. The number of rotatable bonds is 8. The van der Waals surface area contributed by atoms with Gasteiger partial charge in [-0.2, -0.15) is 0 Å². The number of unbranched alkanes of at least 4 members (excludes halogenated alkanes) is 1. The molecule has 3 aromatic rings. The first-order chi connectivity index (χ1) is 13.2. The van der Waals surface area contributed by atoms with E-state index in [1.807, 2.05) is 30.3 Å². The van der Waals surface area contributed by atoms with Gasteiger partial charge in [0.2, 0.25) is 0 Å². The Kier molecular flexibility index (Phi) is 6.59. The zero-order valence-corrected chi connectivity index (χ0v) is 16.0. The van der Waals surface area contributed by atoms with E-state index in [4.69, 9.17) is 0 Å². The summed E-state index contributed by atoms with van der Waals surface area (Å²) in [5.74, 6) is -0.176. The van der Waals surface area contributed by atoms with Crippen LogP contribution in [-0.2, 0) is 12.8 Å². The summed E-state index contributed by atoms with van der Waals surface area (Å²) in [4.78, 5) is 0. The van der Waals surface area contributed by atoms with Crippen molar-refractivity contribution in [2.75, 3.05) is 0 Å². The highest BCUT2D eigenvalue weighted by molar-refractivity contribution is 5.71. The van der Waals surface area contributed by atoms with E-state index in [1.165, 1.54) is 24.0 Å². The minimum absolute atomic E-state index is 0.176. The molecule has 0 fully saturated rings. The predicted octanol–water partition coefficient (Wildman–Crippen LogP) is 7.62. The summed E-state index contributed by atoms with van der Waals surface area (Å²) in [5.41, 5.74) is 6.12. The third-order valence-corrected chi connectivity index (χ3v) is 4.98. The molecule has 0 aliphatic rings. The molecule has 0 aliphatic carbocycles. The summed E-state index contributed by atoms with van der Waals surface area (Å²) in [6, 6.07) is 22.2. The molecular weight excluding hydrogens is 331 g/mol. The van der Waals surface area contributed by atoms with Crippen LogP contribution in [0.2, 0.25) is 0 Å². The van der Waals surface area contributed by atoms with Crippen molar-refractivity contribution in [2.45, 2.75) is 39.0 Å². The van der Waals surface area contributed by atoms with Crippen LogP contribution in [0.15, 0.2) is 79.4 Å². The molecule has 1 heteroatoms. The molecule has 0 atom stereocenters. The van der Waals surface area contributed by atoms with Gasteiger partial charge in [0.15, 0.2) is 0 Å². The van der Waals surface area contributed by atoms with E-state index in [-0.39, 0.29) is 5.82 Å². The van der Waals surface area contributed by atoms with E-state index < -0.39 is 0 Å². The van der Waals surface area contributed by atoms with Crippen LogP contribution in [0.3, 0.4) is 0 Å². The zero-order chi connectivity index (χ0) is 19.1. The summed E-state index contributed by atoms with van der Waals surface area (Å²) in [6.45, 7) is 5.95. The molecule has 3 rings (SSSR count). The summed E-state index contributed by atoms with van der Waals surface area (Å²) in [6.07, 6.45) is 7.35. The number of hydrogen-bond donors (Lipinski definition) is 0. The molecule has 0 N–H and O–H groups in total. The van der Waals surface area contributed by atoms with Gasteiger partial charge in [-0.3, -0.25) is 0 Å². The fourth-order valence-electron chi connectivity index (χ4n) is 3.29. The van der Waals surface area contributed by atoms with Crippen molar-refractivity contribution in [3.63, 3.8) is 0 Å². The molecule has 0 saturated heterocycles. The lowest BCUT2D eigenvalue weighted by atomic mass is 9.97. The maximum Gasteiger partial charge on any atom is 0.131 e. The van der Waals surface area contributed by atoms with Crippen LogP contribution in [0.5, 0.6) is 0 Å². The van der Waals surface area contributed by atoms with E-state index in [0.29, 0.717) is 5.56 Å². The molecule has 27 heavy (non-hydrogen) atoms. The van der Waals surface area contributed by atoms with E-state index in [9.17, 15) is 4.39 Å². The molecule has 0 bridgehead atoms. The quantitative estimate of drug-likeness (QED) is 0.363. The Balaban J connectivity index is 1.78. The molecule has 0 radical (unpaired) electrons. The predicted molar refractivity (Wildman–Crippen MR) is 114 cm³/mol. The summed E-state index contributed by atoms with van der Waals surface area (Å²) < 4.78 is 14.8. The first kappa shape index (κ1) is 19.1. The summed E-state index contributed by atoms with van der Waals surface area (Å²) >= 11 is 0. The number of halogens is 1. The van der Waals surface area contributed by atoms with Gasteiger partial charge in [-0.15, -0.1) is 6.58 Å². The lowest BCUT2D eigenvalue weighted by molar-refractivity contribution is 0.632. The second-order valence-electron chi connectivity index (χ2n) is 7.02. The Hall–Kier alpha value is -2.67. The first-order valence-corrected chi connectivity index (χ1v) is 9.80. The zero-order valence-electron chi connectivity index (χ0n) is 16.0. The highest BCUT2D eigenvalue weighted by atomic mass is 19.1. The SMILES string of the molecule is C=CCCc1ccc(-c2ccc(-c3ccc(CCCC)cc3)c(F)c2)cc1. The van der Waals surface area contributed by atoms with Gasteiger partial charge in [0.05, 0.1) is 0 Å². The average molecular weight is 358 g/mol. The minimum Gasteiger partial charge on any atom is -0.206 e. The van der Waals surface area contributed by atoms with E-state index in [0.717, 1.165) is 36.0 Å². The molecule has 0 nitrogen and oxygen atoms in total. The smallest absolute Gasteiger partial charge is 0.131 e. The Labute approximate surface area is 162 Å². The highest BCUT2D eigenvalue weighted by Gasteiger charge is 2.08. The molecule has 0 saturated carbocycles. The number of benzene rings is 3. The highest BCUT2D eigenvalue weighted by Crippen LogP contribution is 2.28. The van der Waals surface area contributed by atoms with Crippen LogP contribution in [-0.4, -0.2) is 0 Å². The van der Waals surface area contributed by atoms with Crippen LogP contribution in [0.25, 0.3) is 22.3 Å². The van der Waals surface area contributed by atoms with Gasteiger partial charge < -0.3 is 0 Å². The van der Waals surface area contributed by atoms with Crippen LogP contribution in [0.1, 0.15) is 37.3 Å². The van der Waals surface area contributed by atoms with Crippen molar-refractivity contribution < 1.29 is 4.39 Å². The third kappa shape index (κ3) is 4.95. The lowest BCUT2D eigenvalue weighted by Crippen LogP contribution is -1.89. The topological polar surface area (TPSA) is 0 Å². The van der Waals surface area contributed by atoms with Crippen LogP contribution in [0.4, 0.5) is 4.39 Å². The molecule has 3 aromatic carbocycles. The van der Waals surface area contributed by atoms with Crippen LogP contribution >= 0.6 is 0 Å². The van der Waals surface area contributed by atoms with Gasteiger partial charge in [-0.1, -0.05) is 80.1 Å². The number of aryl methyl sites for hydroxylation is 2. The standard InChI is InChI=1S/C26H27F/c1-3-5-7-20-9-13-22(14-10-20)24-17-18-25(26(27)19-24)23-15-11-21(12-16-23)8-6-4-2/h3,9-19H,1,4-8H2,2H3. The monoisotopic (exact) mass is 358 g/mol. The summed E-state index contributed by atoms with van der Waals surface area (Å²) in [5, 5.41) is 0. The molecule has 138 valence electrons. The Morgan fingerprint density at radius 2 is 1.37 bits per heavy atom. The molecule has 0 aliphatic heterocycles. The Bertz CT molecular complexity index is 873. The number of hydrogen-bond acceptors (Lipinski definition) is 0. The molecule has 0 unspecified atom stereocenters. The number of allylic oxidation sites excluding steroid dienone is 1. The fraction of sp³-hybridized carbons (Fsp3) is 0.231. The van der Waals surface area contributed by atoms with Crippen LogP contribution in [0, 0.1) is 5.82 Å². The van der Waals surface area contributed by atoms with Gasteiger partial charge in [0, 0.05) is 5.56 Å². The maximum absolute atomic E-state index is 14.8. The van der Waals surface area contributed by atoms with Gasteiger partial charge >= 0.3 is 0 Å². The first-order valence-electron chi connectivity index (χ1n) is 9.80. The summed E-state index contributed by atoms with van der Waals surface area (Å²) in [7, 11) is 0. The average Bonchev–Trinajstić information content (AvgIpc) is 2.71. The second-order valence-corrected chi connectivity index (χ2v) is 7.02. The van der Waals surface area contributed by atoms with E-state index >= 15 is 0 Å². The van der Waals surface area contributed by atoms with Gasteiger partial charge in [-0.05, 0) is 59.6 Å². The normalized spacial score (nSPS) is 10.7. The lowest BCUT2D eigenvalue weighted by Gasteiger charge is -2.09. The second kappa shape index (κ2) is 9.32. The fourth-order valence-corrected chi connectivity index (χ4v) is 3.29. The van der Waals surface area contributed by atoms with Crippen molar-refractivity contribution in [3.05, 3.63) is 96.3 Å². The van der Waals surface area contributed by atoms with Crippen LogP contribution < -0.4 is 0 Å². The molecule has 0 amide bonds. The Morgan fingerprint density at radius 1 is 0.778 bits per heavy atom. The van der Waals surface area contributed by atoms with Gasteiger partial charge in [0.1, 0.15) is 5.82 Å². The van der Waals surface area contributed by atoms with Crippen molar-refractivity contribution in [3.8, 4) is 22.3 Å². The van der Waals surface area contributed by atoms with Crippen molar-refractivity contribution in [1.82, 2.24) is 0 Å². The minimum atomic E-state index is -0.176. The van der Waals surface area contributed by atoms with E-state index in [2.05, 4.69) is 49.9 Å². The largest absolute Gasteiger partial charge is 0.206 e. The molecule has 0 aromatic heterocycles. The van der Waals surface area contributed by atoms with E-state index in [1.54, 1.807) is 6.07 Å². The molecule has 0 heterocycles. The Morgan fingerprint density at radius 3 is 1.96 bits per heavy atom. The van der Waals surface area contributed by atoms with Gasteiger partial charge in [-0.25, -0.2) is 4.39 Å². The van der Waals surface area contributed by atoms with Gasteiger partial charge in [0.25, 0.3) is 0 Å². The maximum atomic E-state index is 14.8. The van der Waals surface area contributed by atoms with Crippen molar-refractivity contribution in [1.29, 1.82) is 0 Å². The van der Waals surface area contributed by atoms with Crippen molar-refractivity contribution >= 4 is 0 Å².